The summed E-state index contributed by atoms with van der Waals surface area (Å²) in [4.78, 5) is 23.9. The van der Waals surface area contributed by atoms with Crippen LogP contribution in [0.25, 0.3) is 0 Å². The van der Waals surface area contributed by atoms with Gasteiger partial charge in [-0.3, -0.25) is 9.59 Å². The van der Waals surface area contributed by atoms with Crippen LogP contribution in [0.3, 0.4) is 0 Å². The topological polar surface area (TPSA) is 103 Å². The molecule has 2 amide bonds. The molecule has 1 aliphatic heterocycles. The number of rotatable bonds is 6. The minimum Gasteiger partial charge on any atom is -0.457 e. The first-order chi connectivity index (χ1) is 13.0. The first kappa shape index (κ1) is 18.9. The summed E-state index contributed by atoms with van der Waals surface area (Å²) in [5, 5.41) is 6.14. The van der Waals surface area contributed by atoms with Crippen LogP contribution in [0.4, 0.5) is 5.69 Å². The molecule has 2 aromatic carbocycles. The molecule has 0 atom stereocenters. The van der Waals surface area contributed by atoms with Crippen LogP contribution in [0.2, 0.25) is 0 Å². The number of nitrogens with two attached hydrogens (primary N) is 1. The minimum atomic E-state index is -0.796. The summed E-state index contributed by atoms with van der Waals surface area (Å²) in [7, 11) is 1.57. The highest BCUT2D eigenvalue weighted by Gasteiger charge is 2.39. The van der Waals surface area contributed by atoms with Crippen LogP contribution in [0.5, 0.6) is 11.5 Å². The Bertz CT molecular complexity index is 814. The molecule has 0 radical (unpaired) electrons. The summed E-state index contributed by atoms with van der Waals surface area (Å²) in [5.41, 5.74) is 5.52. The van der Waals surface area contributed by atoms with E-state index >= 15 is 0 Å². The Morgan fingerprint density at radius 3 is 2.41 bits per heavy atom. The predicted molar refractivity (Wildman–Crippen MR) is 102 cm³/mol. The van der Waals surface area contributed by atoms with Gasteiger partial charge >= 0.3 is 0 Å². The van der Waals surface area contributed by atoms with Crippen molar-refractivity contribution in [3.05, 3.63) is 54.1 Å². The van der Waals surface area contributed by atoms with Gasteiger partial charge < -0.3 is 25.8 Å². The van der Waals surface area contributed by atoms with Crippen LogP contribution in [-0.4, -0.2) is 37.6 Å². The molecule has 1 fully saturated rings. The first-order valence-corrected chi connectivity index (χ1v) is 8.77. The van der Waals surface area contributed by atoms with Gasteiger partial charge in [-0.25, -0.2) is 0 Å². The van der Waals surface area contributed by atoms with Gasteiger partial charge in [0.1, 0.15) is 17.1 Å². The highest BCUT2D eigenvalue weighted by atomic mass is 16.5. The smallest absolute Gasteiger partial charge is 0.256 e. The average Bonchev–Trinajstić information content (AvgIpc) is 2.70. The second kappa shape index (κ2) is 8.20. The molecule has 0 unspecified atom stereocenters. The maximum absolute atomic E-state index is 12.7. The second-order valence-corrected chi connectivity index (χ2v) is 6.42. The molecule has 142 valence electrons. The van der Waals surface area contributed by atoms with Gasteiger partial charge in [-0.15, -0.1) is 0 Å². The van der Waals surface area contributed by atoms with E-state index in [1.54, 1.807) is 55.6 Å². The number of benzene rings is 2. The summed E-state index contributed by atoms with van der Waals surface area (Å²) in [5.74, 6) is 0.437. The van der Waals surface area contributed by atoms with Crippen molar-refractivity contribution >= 4 is 17.5 Å². The van der Waals surface area contributed by atoms with E-state index in [9.17, 15) is 9.59 Å². The largest absolute Gasteiger partial charge is 0.457 e. The molecule has 0 saturated carbocycles. The lowest BCUT2D eigenvalue weighted by Gasteiger charge is -2.34. The van der Waals surface area contributed by atoms with Crippen molar-refractivity contribution in [2.45, 2.75) is 18.4 Å². The van der Waals surface area contributed by atoms with E-state index in [1.165, 1.54) is 0 Å². The summed E-state index contributed by atoms with van der Waals surface area (Å²) in [6.07, 6.45) is 1.26. The van der Waals surface area contributed by atoms with Crippen LogP contribution >= 0.6 is 0 Å². The number of amides is 2. The highest BCUT2D eigenvalue weighted by molar-refractivity contribution is 5.97. The van der Waals surface area contributed by atoms with Gasteiger partial charge in [-0.2, -0.15) is 0 Å². The molecule has 27 heavy (non-hydrogen) atoms. The molecule has 7 nitrogen and oxygen atoms in total. The van der Waals surface area contributed by atoms with Crippen LogP contribution in [0.1, 0.15) is 23.2 Å². The van der Waals surface area contributed by atoms with Crippen LogP contribution in [0, 0.1) is 0 Å². The number of anilines is 1. The number of carbonyl (C=O) groups excluding carboxylic acids is 2. The minimum absolute atomic E-state index is 0.144. The Kier molecular flexibility index (Phi) is 5.73. The van der Waals surface area contributed by atoms with Crippen LogP contribution in [0.15, 0.2) is 48.5 Å². The summed E-state index contributed by atoms with van der Waals surface area (Å²) >= 11 is 0. The Morgan fingerprint density at radius 1 is 1.07 bits per heavy atom. The van der Waals surface area contributed by atoms with Gasteiger partial charge in [0.25, 0.3) is 5.91 Å². The molecule has 2 aromatic rings. The maximum atomic E-state index is 12.7. The SMILES string of the molecule is COC1(C(=O)Nc2ccc(Oc3cccc(C(N)=O)c3)cc2)CCNCC1. The molecular weight excluding hydrogens is 346 g/mol. The van der Waals surface area contributed by atoms with Crippen molar-refractivity contribution in [1.29, 1.82) is 0 Å². The molecule has 0 spiro atoms. The molecule has 1 aliphatic rings. The maximum Gasteiger partial charge on any atom is 0.256 e. The van der Waals surface area contributed by atoms with E-state index in [4.69, 9.17) is 15.2 Å². The molecule has 1 saturated heterocycles. The van der Waals surface area contributed by atoms with Gasteiger partial charge in [0, 0.05) is 18.4 Å². The van der Waals surface area contributed by atoms with Crippen molar-refractivity contribution in [3.8, 4) is 11.5 Å². The quantitative estimate of drug-likeness (QED) is 0.725. The Balaban J connectivity index is 1.66. The predicted octanol–water partition coefficient (Wildman–Crippen LogP) is 2.28. The van der Waals surface area contributed by atoms with E-state index in [0.29, 0.717) is 35.6 Å². The monoisotopic (exact) mass is 369 g/mol. The third-order valence-corrected chi connectivity index (χ3v) is 4.68. The number of nitrogens with one attached hydrogen (secondary N) is 2. The Morgan fingerprint density at radius 2 is 1.78 bits per heavy atom. The number of ether oxygens (including phenoxy) is 2. The van der Waals surface area contributed by atoms with Gasteiger partial charge in [0.05, 0.1) is 0 Å². The van der Waals surface area contributed by atoms with Crippen molar-refractivity contribution in [3.63, 3.8) is 0 Å². The lowest BCUT2D eigenvalue weighted by Crippen LogP contribution is -2.51. The van der Waals surface area contributed by atoms with Crippen molar-refractivity contribution in [2.24, 2.45) is 5.73 Å². The van der Waals surface area contributed by atoms with E-state index in [2.05, 4.69) is 10.6 Å². The van der Waals surface area contributed by atoms with Crippen molar-refractivity contribution < 1.29 is 19.1 Å². The molecule has 0 aromatic heterocycles. The van der Waals surface area contributed by atoms with Gasteiger partial charge in [0.2, 0.25) is 5.91 Å². The zero-order valence-electron chi connectivity index (χ0n) is 15.2. The normalized spacial score (nSPS) is 15.7. The summed E-state index contributed by atoms with van der Waals surface area (Å²) in [6, 6.07) is 13.7. The number of piperidine rings is 1. The molecule has 3 rings (SSSR count). The van der Waals surface area contributed by atoms with Crippen molar-refractivity contribution in [2.75, 3.05) is 25.5 Å². The lowest BCUT2D eigenvalue weighted by molar-refractivity contribution is -0.140. The number of carbonyl (C=O) groups is 2. The van der Waals surface area contributed by atoms with E-state index in [-0.39, 0.29) is 5.91 Å². The summed E-state index contributed by atoms with van der Waals surface area (Å²) in [6.45, 7) is 1.50. The second-order valence-electron chi connectivity index (χ2n) is 6.42. The van der Waals surface area contributed by atoms with Crippen molar-refractivity contribution in [1.82, 2.24) is 5.32 Å². The zero-order valence-corrected chi connectivity index (χ0v) is 15.2. The number of methoxy groups -OCH3 is 1. The summed E-state index contributed by atoms with van der Waals surface area (Å²) < 4.78 is 11.3. The van der Waals surface area contributed by atoms with Crippen LogP contribution < -0.4 is 21.1 Å². The molecule has 0 aliphatic carbocycles. The fourth-order valence-corrected chi connectivity index (χ4v) is 3.05. The standard InChI is InChI=1S/C20H23N3O4/c1-26-20(9-11-22-12-10-20)19(25)23-15-5-7-16(8-6-15)27-17-4-2-3-14(13-17)18(21)24/h2-8,13,22H,9-12H2,1H3,(H2,21,24)(H,23,25). The van der Waals surface area contributed by atoms with Crippen LogP contribution in [-0.2, 0) is 9.53 Å². The van der Waals surface area contributed by atoms with E-state index in [0.717, 1.165) is 13.1 Å². The van der Waals surface area contributed by atoms with E-state index in [1.807, 2.05) is 0 Å². The average molecular weight is 369 g/mol. The fourth-order valence-electron chi connectivity index (χ4n) is 3.05. The number of primary amides is 1. The van der Waals surface area contributed by atoms with Gasteiger partial charge in [-0.05, 0) is 68.4 Å². The Labute approximate surface area is 157 Å². The first-order valence-electron chi connectivity index (χ1n) is 8.77. The third kappa shape index (κ3) is 4.45. The number of hydrogen-bond acceptors (Lipinski definition) is 5. The molecule has 4 N–H and O–H groups in total. The molecule has 7 heteroatoms. The molecule has 0 bridgehead atoms. The highest BCUT2D eigenvalue weighted by Crippen LogP contribution is 2.27. The molecular formula is C20H23N3O4. The Hall–Kier alpha value is -2.90. The molecule has 1 heterocycles. The lowest BCUT2D eigenvalue weighted by atomic mass is 9.91. The van der Waals surface area contributed by atoms with E-state index < -0.39 is 11.5 Å². The third-order valence-electron chi connectivity index (χ3n) is 4.68. The number of hydrogen-bond donors (Lipinski definition) is 3. The van der Waals surface area contributed by atoms with Gasteiger partial charge in [-0.1, -0.05) is 6.07 Å². The van der Waals surface area contributed by atoms with Gasteiger partial charge in [0.15, 0.2) is 0 Å². The fraction of sp³-hybridized carbons (Fsp3) is 0.300. The zero-order chi connectivity index (χ0) is 19.3.